The Morgan fingerprint density at radius 3 is 2.43 bits per heavy atom. The molecule has 0 saturated heterocycles. The van der Waals surface area contributed by atoms with E-state index in [1.807, 2.05) is 18.2 Å². The van der Waals surface area contributed by atoms with Crippen LogP contribution >= 0.6 is 0 Å². The van der Waals surface area contributed by atoms with Crippen LogP contribution in [0.2, 0.25) is 0 Å². The van der Waals surface area contributed by atoms with Gasteiger partial charge < -0.3 is 15.0 Å². The molecule has 2 N–H and O–H groups in total. The lowest BCUT2D eigenvalue weighted by atomic mass is 9.80. The number of hydrogen-bond acceptors (Lipinski definition) is 5. The highest BCUT2D eigenvalue weighted by Crippen LogP contribution is 2.38. The second-order valence-corrected chi connectivity index (χ2v) is 11.4. The third kappa shape index (κ3) is 4.94. The molecule has 0 aliphatic heterocycles. The van der Waals surface area contributed by atoms with E-state index >= 15 is 0 Å². The molecule has 2 saturated carbocycles. The Balaban J connectivity index is 1.65. The molecule has 2 aliphatic rings. The minimum Gasteiger partial charge on any atom is -0.475 e. The maximum Gasteiger partial charge on any atom is 0.374 e. The number of hydrogen-bond donors (Lipinski definition) is 2. The van der Waals surface area contributed by atoms with Crippen molar-refractivity contribution in [3.8, 4) is 12.3 Å². The number of anilines is 1. The quantitative estimate of drug-likeness (QED) is 0.375. The number of terminal acetylenes is 1. The predicted molar refractivity (Wildman–Crippen MR) is 146 cm³/mol. The topological polar surface area (TPSA) is 92.9 Å². The van der Waals surface area contributed by atoms with Gasteiger partial charge in [-0.25, -0.2) is 19.7 Å². The Morgan fingerprint density at radius 2 is 1.84 bits per heavy atom. The summed E-state index contributed by atoms with van der Waals surface area (Å²) in [5.41, 5.74) is 1.96. The van der Waals surface area contributed by atoms with Gasteiger partial charge in [0, 0.05) is 23.9 Å². The average Bonchev–Trinajstić information content (AvgIpc) is 3.23. The summed E-state index contributed by atoms with van der Waals surface area (Å²) in [6.07, 6.45) is 13.5. The van der Waals surface area contributed by atoms with Crippen molar-refractivity contribution in [2.24, 2.45) is 17.8 Å². The number of rotatable bonds is 8. The fourth-order valence-corrected chi connectivity index (χ4v) is 5.91. The van der Waals surface area contributed by atoms with Crippen LogP contribution in [0.3, 0.4) is 0 Å². The van der Waals surface area contributed by atoms with Crippen LogP contribution in [-0.2, 0) is 12.0 Å². The number of carbonyl (C=O) groups is 1. The lowest BCUT2D eigenvalue weighted by Crippen LogP contribution is -2.32. The first kappa shape index (κ1) is 25.3. The molecule has 37 heavy (non-hydrogen) atoms. The second-order valence-electron chi connectivity index (χ2n) is 11.4. The average molecular weight is 500 g/mol. The summed E-state index contributed by atoms with van der Waals surface area (Å²) in [5, 5.41) is 13.4. The van der Waals surface area contributed by atoms with Crippen LogP contribution in [0.1, 0.15) is 87.7 Å². The summed E-state index contributed by atoms with van der Waals surface area (Å²) in [5.74, 6) is 4.40. The fraction of sp³-hybridized carbons (Fsp3) is 0.533. The van der Waals surface area contributed by atoms with Crippen molar-refractivity contribution in [1.29, 1.82) is 0 Å². The Hall–Kier alpha value is -3.40. The number of aromatic nitrogens is 4. The minimum atomic E-state index is -1.15. The maximum absolute atomic E-state index is 12.0. The van der Waals surface area contributed by atoms with E-state index in [1.54, 1.807) is 0 Å². The largest absolute Gasteiger partial charge is 0.475 e. The Labute approximate surface area is 219 Å². The number of carboxylic acids is 1. The summed E-state index contributed by atoms with van der Waals surface area (Å²) in [7, 11) is 0. The van der Waals surface area contributed by atoms with E-state index in [9.17, 15) is 9.90 Å². The molecule has 2 fully saturated rings. The molecule has 0 spiro atoms. The van der Waals surface area contributed by atoms with Crippen molar-refractivity contribution in [2.75, 3.05) is 5.32 Å². The van der Waals surface area contributed by atoms with Crippen molar-refractivity contribution >= 4 is 23.0 Å². The first-order valence-corrected chi connectivity index (χ1v) is 13.6. The van der Waals surface area contributed by atoms with Crippen molar-refractivity contribution in [1.82, 2.24) is 19.5 Å². The summed E-state index contributed by atoms with van der Waals surface area (Å²) >= 11 is 0. The van der Waals surface area contributed by atoms with Gasteiger partial charge in [0.05, 0.1) is 0 Å². The smallest absolute Gasteiger partial charge is 0.374 e. The van der Waals surface area contributed by atoms with Gasteiger partial charge in [0.1, 0.15) is 11.3 Å². The van der Waals surface area contributed by atoms with Crippen LogP contribution in [0, 0.1) is 30.1 Å². The van der Waals surface area contributed by atoms with Gasteiger partial charge >= 0.3 is 5.97 Å². The van der Waals surface area contributed by atoms with Crippen molar-refractivity contribution in [3.63, 3.8) is 0 Å². The van der Waals surface area contributed by atoms with Crippen LogP contribution in [-0.4, -0.2) is 36.6 Å². The summed E-state index contributed by atoms with van der Waals surface area (Å²) in [6.45, 7) is 7.28. The number of carboxylic acid groups (broad SMARTS) is 1. The van der Waals surface area contributed by atoms with E-state index in [-0.39, 0.29) is 11.9 Å². The third-order valence-corrected chi connectivity index (χ3v) is 8.59. The first-order chi connectivity index (χ1) is 17.8. The van der Waals surface area contributed by atoms with E-state index in [1.165, 1.54) is 19.3 Å². The number of nitrogens with zero attached hydrogens (tertiary/aromatic N) is 4. The molecule has 2 aromatic heterocycles. The van der Waals surface area contributed by atoms with Crippen LogP contribution in [0.4, 0.5) is 5.82 Å². The molecule has 7 heteroatoms. The molecule has 2 aliphatic carbocycles. The minimum absolute atomic E-state index is 0.188. The van der Waals surface area contributed by atoms with Gasteiger partial charge in [-0.1, -0.05) is 36.8 Å². The summed E-state index contributed by atoms with van der Waals surface area (Å²) < 4.78 is 2.27. The van der Waals surface area contributed by atoms with Crippen LogP contribution in [0.15, 0.2) is 30.3 Å². The van der Waals surface area contributed by atoms with E-state index in [2.05, 4.69) is 58.7 Å². The number of aromatic carboxylic acids is 1. The molecule has 0 radical (unpaired) electrons. The monoisotopic (exact) mass is 499 g/mol. The Bertz CT molecular complexity index is 1310. The SMILES string of the molecule is C#CC1CCC(Cn2c(C(C)(C)c3ccccc3)nc3nc(C(=O)O)nc(NC(C)C4CCC4)c32)CC1. The van der Waals surface area contributed by atoms with Gasteiger partial charge in [-0.05, 0) is 76.7 Å². The molecule has 194 valence electrons. The molecule has 1 aromatic carbocycles. The van der Waals surface area contributed by atoms with Gasteiger partial charge in [-0.3, -0.25) is 0 Å². The first-order valence-electron chi connectivity index (χ1n) is 13.6. The number of nitrogens with one attached hydrogen (secondary N) is 1. The highest BCUT2D eigenvalue weighted by Gasteiger charge is 2.34. The van der Waals surface area contributed by atoms with E-state index in [0.717, 1.165) is 49.1 Å². The lowest BCUT2D eigenvalue weighted by molar-refractivity contribution is 0.0684. The zero-order valence-electron chi connectivity index (χ0n) is 22.1. The fourth-order valence-electron chi connectivity index (χ4n) is 5.91. The number of benzene rings is 1. The molecule has 0 bridgehead atoms. The van der Waals surface area contributed by atoms with E-state index < -0.39 is 11.4 Å². The van der Waals surface area contributed by atoms with Crippen LogP contribution in [0.25, 0.3) is 11.2 Å². The lowest BCUT2D eigenvalue weighted by Gasteiger charge is -2.33. The molecule has 1 atom stereocenters. The second kappa shape index (κ2) is 10.2. The zero-order valence-corrected chi connectivity index (χ0v) is 22.1. The number of fused-ring (bicyclic) bond motifs is 1. The Kier molecular flexibility index (Phi) is 6.94. The van der Waals surface area contributed by atoms with Gasteiger partial charge in [-0.15, -0.1) is 12.3 Å². The van der Waals surface area contributed by atoms with E-state index in [0.29, 0.717) is 29.2 Å². The molecular weight excluding hydrogens is 462 g/mol. The molecule has 0 amide bonds. The van der Waals surface area contributed by atoms with Gasteiger partial charge in [0.25, 0.3) is 0 Å². The van der Waals surface area contributed by atoms with Gasteiger partial charge in [0.2, 0.25) is 5.82 Å². The van der Waals surface area contributed by atoms with Crippen LogP contribution < -0.4 is 5.32 Å². The van der Waals surface area contributed by atoms with Crippen molar-refractivity contribution < 1.29 is 9.90 Å². The molecule has 7 nitrogen and oxygen atoms in total. The maximum atomic E-state index is 12.0. The highest BCUT2D eigenvalue weighted by molar-refractivity contribution is 5.91. The molecule has 3 aromatic rings. The standard InChI is InChI=1S/C30H37N5O2/c1-5-20-14-16-21(17-15-20)18-35-24-25(31-19(2)22-10-9-11-22)32-27(28(36)37)33-26(24)34-29(35)30(3,4)23-12-7-6-8-13-23/h1,6-8,12-13,19-22H,9-11,14-18H2,2-4H3,(H,36,37)(H,31,32,33). The highest BCUT2D eigenvalue weighted by atomic mass is 16.4. The van der Waals surface area contributed by atoms with Crippen molar-refractivity contribution in [2.45, 2.75) is 83.7 Å². The van der Waals surface area contributed by atoms with Gasteiger partial charge in [0.15, 0.2) is 11.5 Å². The molecule has 1 unspecified atom stereocenters. The van der Waals surface area contributed by atoms with Gasteiger partial charge in [-0.2, -0.15) is 0 Å². The number of imidazole rings is 1. The molecule has 2 heterocycles. The third-order valence-electron chi connectivity index (χ3n) is 8.59. The molecule has 5 rings (SSSR count). The zero-order chi connectivity index (χ0) is 26.2. The summed E-state index contributed by atoms with van der Waals surface area (Å²) in [6, 6.07) is 10.5. The normalized spacial score (nSPS) is 21.2. The Morgan fingerprint density at radius 1 is 1.14 bits per heavy atom. The summed E-state index contributed by atoms with van der Waals surface area (Å²) in [4.78, 5) is 25.9. The van der Waals surface area contributed by atoms with E-state index in [4.69, 9.17) is 11.4 Å². The van der Waals surface area contributed by atoms with Crippen molar-refractivity contribution in [3.05, 3.63) is 47.5 Å². The van der Waals surface area contributed by atoms with Crippen LogP contribution in [0.5, 0.6) is 0 Å². The predicted octanol–water partition coefficient (Wildman–Crippen LogP) is 5.89. The molecular formula is C30H37N5O2.